The summed E-state index contributed by atoms with van der Waals surface area (Å²) in [5.41, 5.74) is 0. The third-order valence-electron chi connectivity index (χ3n) is 12.7. The molecule has 6 nitrogen and oxygen atoms in total. The maximum Gasteiger partial charge on any atom is 0.306 e. The van der Waals surface area contributed by atoms with Crippen molar-refractivity contribution in [2.24, 2.45) is 0 Å². The number of carbonyl (C=O) groups excluding carboxylic acids is 3. The van der Waals surface area contributed by atoms with E-state index >= 15 is 0 Å². The lowest BCUT2D eigenvalue weighted by Gasteiger charge is -2.18. The van der Waals surface area contributed by atoms with Crippen LogP contribution in [0.2, 0.25) is 0 Å². The van der Waals surface area contributed by atoms with E-state index in [-0.39, 0.29) is 37.5 Å². The highest BCUT2D eigenvalue weighted by atomic mass is 16.6. The van der Waals surface area contributed by atoms with Crippen LogP contribution in [0, 0.1) is 0 Å². The summed E-state index contributed by atoms with van der Waals surface area (Å²) in [7, 11) is 0. The fourth-order valence-electron chi connectivity index (χ4n) is 8.17. The van der Waals surface area contributed by atoms with Crippen molar-refractivity contribution in [1.82, 2.24) is 0 Å². The molecule has 0 radical (unpaired) electrons. The molecule has 0 bridgehead atoms. The lowest BCUT2D eigenvalue weighted by Crippen LogP contribution is -2.30. The molecule has 1 atom stereocenters. The van der Waals surface area contributed by atoms with Crippen molar-refractivity contribution in [2.75, 3.05) is 13.2 Å². The second-order valence-corrected chi connectivity index (χ2v) is 19.8. The van der Waals surface area contributed by atoms with Crippen molar-refractivity contribution in [2.45, 2.75) is 277 Å². The summed E-state index contributed by atoms with van der Waals surface area (Å²) in [6, 6.07) is 0. The first-order valence-corrected chi connectivity index (χ1v) is 30.5. The van der Waals surface area contributed by atoms with Gasteiger partial charge in [-0.2, -0.15) is 0 Å². The van der Waals surface area contributed by atoms with Gasteiger partial charge < -0.3 is 14.2 Å². The highest BCUT2D eigenvalue weighted by Gasteiger charge is 2.19. The van der Waals surface area contributed by atoms with E-state index in [0.717, 1.165) is 116 Å². The van der Waals surface area contributed by atoms with Gasteiger partial charge in [-0.25, -0.2) is 0 Å². The first kappa shape index (κ1) is 69.8. The van der Waals surface area contributed by atoms with Gasteiger partial charge in [-0.15, -0.1) is 0 Å². The molecular weight excluding hydrogens is 913 g/mol. The molecule has 0 aromatic heterocycles. The Morgan fingerprint density at radius 1 is 0.284 bits per heavy atom. The van der Waals surface area contributed by atoms with E-state index in [4.69, 9.17) is 14.2 Å². The highest BCUT2D eigenvalue weighted by Crippen LogP contribution is 2.15. The van der Waals surface area contributed by atoms with Gasteiger partial charge in [0.15, 0.2) is 6.10 Å². The van der Waals surface area contributed by atoms with Crippen LogP contribution >= 0.6 is 0 Å². The van der Waals surface area contributed by atoms with Gasteiger partial charge in [0.1, 0.15) is 13.2 Å². The van der Waals surface area contributed by atoms with E-state index < -0.39 is 6.10 Å². The number of ether oxygens (including phenoxy) is 3. The van der Waals surface area contributed by atoms with Crippen molar-refractivity contribution in [3.8, 4) is 0 Å². The number of esters is 3. The van der Waals surface area contributed by atoms with Crippen LogP contribution in [-0.2, 0) is 28.6 Å². The molecule has 0 aromatic rings. The SMILES string of the molecule is CC/C=C\C/C=C\C/C=C\C/C=C\C/C=C\CCCC(=O)OC(COC(=O)CCCCCCC/C=C\CCCCCCC)COC(=O)CCCCCCCCCCCCCC/C=C\C/C=C\C/C=C\C/C=C\CC. The lowest BCUT2D eigenvalue weighted by molar-refractivity contribution is -0.167. The molecule has 0 rings (SSSR count). The fraction of sp³-hybridized carbons (Fsp3) is 0.662. The molecule has 74 heavy (non-hydrogen) atoms. The monoisotopic (exact) mass is 1020 g/mol. The van der Waals surface area contributed by atoms with Gasteiger partial charge in [-0.1, -0.05) is 251 Å². The zero-order chi connectivity index (χ0) is 53.6. The molecule has 0 aliphatic heterocycles. The summed E-state index contributed by atoms with van der Waals surface area (Å²) in [5.74, 6) is -0.973. The molecule has 0 heterocycles. The van der Waals surface area contributed by atoms with E-state index in [1.807, 2.05) is 0 Å². The summed E-state index contributed by atoms with van der Waals surface area (Å²) >= 11 is 0. The maximum atomic E-state index is 12.9. The van der Waals surface area contributed by atoms with Crippen LogP contribution in [0.3, 0.4) is 0 Å². The minimum absolute atomic E-state index is 0.106. The van der Waals surface area contributed by atoms with Crippen LogP contribution in [0.15, 0.2) is 122 Å². The number of rotatable bonds is 54. The summed E-state index contributed by atoms with van der Waals surface area (Å²) in [6.45, 7) is 6.36. The second kappa shape index (κ2) is 61.4. The fourth-order valence-corrected chi connectivity index (χ4v) is 8.17. The van der Waals surface area contributed by atoms with E-state index in [9.17, 15) is 14.4 Å². The van der Waals surface area contributed by atoms with Gasteiger partial charge in [0.05, 0.1) is 0 Å². The van der Waals surface area contributed by atoms with Gasteiger partial charge >= 0.3 is 17.9 Å². The smallest absolute Gasteiger partial charge is 0.306 e. The normalized spacial score (nSPS) is 13.0. The van der Waals surface area contributed by atoms with Gasteiger partial charge in [0, 0.05) is 19.3 Å². The van der Waals surface area contributed by atoms with Crippen LogP contribution < -0.4 is 0 Å². The first-order chi connectivity index (χ1) is 36.5. The van der Waals surface area contributed by atoms with E-state index in [0.29, 0.717) is 19.3 Å². The Kier molecular flexibility index (Phi) is 57.9. The quantitative estimate of drug-likeness (QED) is 0.0261. The summed E-state index contributed by atoms with van der Waals surface area (Å²) < 4.78 is 16.8. The number of hydrogen-bond donors (Lipinski definition) is 0. The van der Waals surface area contributed by atoms with Crippen molar-refractivity contribution in [3.63, 3.8) is 0 Å². The zero-order valence-electron chi connectivity index (χ0n) is 48.1. The average Bonchev–Trinajstić information content (AvgIpc) is 3.40. The van der Waals surface area contributed by atoms with Crippen LogP contribution in [0.4, 0.5) is 0 Å². The third-order valence-corrected chi connectivity index (χ3v) is 12.7. The first-order valence-electron chi connectivity index (χ1n) is 30.5. The summed E-state index contributed by atoms with van der Waals surface area (Å²) in [5, 5.41) is 0. The van der Waals surface area contributed by atoms with Crippen molar-refractivity contribution in [1.29, 1.82) is 0 Å². The molecule has 0 N–H and O–H groups in total. The van der Waals surface area contributed by atoms with Gasteiger partial charge in [0.2, 0.25) is 0 Å². The van der Waals surface area contributed by atoms with Gasteiger partial charge in [0.25, 0.3) is 0 Å². The molecule has 0 aromatic carbocycles. The molecular formula is C68H112O6. The largest absolute Gasteiger partial charge is 0.462 e. The molecule has 0 fully saturated rings. The Morgan fingerprint density at radius 3 is 0.878 bits per heavy atom. The standard InChI is InChI=1S/C68H112O6/c1-4-7-10-13-16-19-22-25-28-30-31-32-33-34-35-36-37-39-40-43-46-49-52-55-58-61-67(70)73-64-65(63-72-66(69)60-57-54-51-48-45-42-27-24-21-18-15-12-9-6-3)74-68(71)62-59-56-53-50-47-44-41-38-29-26-23-20-17-14-11-8-5-2/h7-8,10-11,16-17,19-20,24-29,31-32,41,44,50,53,65H,4-6,9,12-15,18,21-23,30,33-40,42-43,45-49,51-52,54-64H2,1-3H3/b10-7-,11-8-,19-16-,20-17-,27-24-,28-25-,29-26-,32-31-,44-41-,53-50-. The predicted molar refractivity (Wildman–Crippen MR) is 320 cm³/mol. The van der Waals surface area contributed by atoms with Crippen LogP contribution in [0.5, 0.6) is 0 Å². The van der Waals surface area contributed by atoms with Crippen molar-refractivity contribution < 1.29 is 28.6 Å². The van der Waals surface area contributed by atoms with Crippen molar-refractivity contribution in [3.05, 3.63) is 122 Å². The molecule has 6 heteroatoms. The topological polar surface area (TPSA) is 78.9 Å². The Morgan fingerprint density at radius 2 is 0.541 bits per heavy atom. The molecule has 420 valence electrons. The predicted octanol–water partition coefficient (Wildman–Crippen LogP) is 20.8. The Balaban J connectivity index is 4.40. The molecule has 0 amide bonds. The molecule has 0 saturated heterocycles. The van der Waals surface area contributed by atoms with Crippen LogP contribution in [0.25, 0.3) is 0 Å². The van der Waals surface area contributed by atoms with Crippen molar-refractivity contribution >= 4 is 17.9 Å². The summed E-state index contributed by atoms with van der Waals surface area (Å²) in [6.07, 6.45) is 84.9. The van der Waals surface area contributed by atoms with Gasteiger partial charge in [-0.05, 0) is 122 Å². The van der Waals surface area contributed by atoms with E-state index in [2.05, 4.69) is 142 Å². The second-order valence-electron chi connectivity index (χ2n) is 19.8. The number of carbonyl (C=O) groups is 3. The average molecular weight is 1030 g/mol. The van der Waals surface area contributed by atoms with E-state index in [1.165, 1.54) is 109 Å². The van der Waals surface area contributed by atoms with Crippen LogP contribution in [-0.4, -0.2) is 37.2 Å². The number of unbranched alkanes of at least 4 members (excludes halogenated alkanes) is 23. The highest BCUT2D eigenvalue weighted by molar-refractivity contribution is 5.71. The molecule has 1 unspecified atom stereocenters. The number of hydrogen-bond acceptors (Lipinski definition) is 6. The molecule has 0 aliphatic rings. The Hall–Kier alpha value is -4.19. The molecule has 0 aliphatic carbocycles. The maximum absolute atomic E-state index is 12.9. The Bertz CT molecular complexity index is 1550. The number of allylic oxidation sites excluding steroid dienone is 20. The Labute approximate surface area is 456 Å². The zero-order valence-corrected chi connectivity index (χ0v) is 48.1. The molecule has 0 spiro atoms. The minimum Gasteiger partial charge on any atom is -0.462 e. The lowest BCUT2D eigenvalue weighted by atomic mass is 10.0. The van der Waals surface area contributed by atoms with Gasteiger partial charge in [-0.3, -0.25) is 14.4 Å². The van der Waals surface area contributed by atoms with E-state index in [1.54, 1.807) is 0 Å². The minimum atomic E-state index is -0.815. The van der Waals surface area contributed by atoms with Crippen LogP contribution in [0.1, 0.15) is 271 Å². The third kappa shape index (κ3) is 58.7. The summed E-state index contributed by atoms with van der Waals surface area (Å²) in [4.78, 5) is 38.2. The molecule has 0 saturated carbocycles.